The van der Waals surface area contributed by atoms with Crippen molar-refractivity contribution in [2.75, 3.05) is 13.2 Å². The highest BCUT2D eigenvalue weighted by molar-refractivity contribution is 6.01. The summed E-state index contributed by atoms with van der Waals surface area (Å²) >= 11 is 0. The first-order chi connectivity index (χ1) is 13.8. The molecule has 0 bridgehead atoms. The number of Topliss-reactive ketones (excluding diaryl/α,β-unsaturated/α-hetero) is 1. The van der Waals surface area contributed by atoms with Gasteiger partial charge in [0.25, 0.3) is 0 Å². The second-order valence-electron chi connectivity index (χ2n) is 7.68. The smallest absolute Gasteiger partial charge is 0.163 e. The van der Waals surface area contributed by atoms with Crippen molar-refractivity contribution in [3.05, 3.63) is 53.3 Å². The summed E-state index contributed by atoms with van der Waals surface area (Å²) in [6.45, 7) is 1.54. The van der Waals surface area contributed by atoms with Crippen molar-refractivity contribution in [2.24, 2.45) is 0 Å². The van der Waals surface area contributed by atoms with Crippen LogP contribution in [0.1, 0.15) is 55.6 Å². The molecule has 0 aromatic heterocycles. The standard InChI is InChI=1S/C23H28O5/c24-12-6-10-17-19(25)15-20-22(17)18-9-5-8-16(23(18)28-20)7-1-3-13-26-21-11-2-4-14-27-21/h5-6,8-10,12,20-22,24H,1-4,7,11,13-15H2/t20-,21?,22-/m1/s1. The Morgan fingerprint density at radius 2 is 2.18 bits per heavy atom. The van der Waals surface area contributed by atoms with Gasteiger partial charge >= 0.3 is 0 Å². The van der Waals surface area contributed by atoms with E-state index >= 15 is 0 Å². The van der Waals surface area contributed by atoms with E-state index in [0.29, 0.717) is 6.42 Å². The molecule has 2 aliphatic heterocycles. The second kappa shape index (κ2) is 8.93. The van der Waals surface area contributed by atoms with Crippen molar-refractivity contribution in [2.45, 2.75) is 63.3 Å². The van der Waals surface area contributed by atoms with E-state index in [4.69, 9.17) is 19.3 Å². The number of fused-ring (bicyclic) bond motifs is 3. The lowest BCUT2D eigenvalue weighted by Crippen LogP contribution is -2.22. The maximum Gasteiger partial charge on any atom is 0.163 e. The molecule has 1 N–H and O–H groups in total. The zero-order chi connectivity index (χ0) is 19.3. The fourth-order valence-electron chi connectivity index (χ4n) is 4.43. The largest absolute Gasteiger partial charge is 0.516 e. The van der Waals surface area contributed by atoms with E-state index < -0.39 is 0 Å². The van der Waals surface area contributed by atoms with Gasteiger partial charge in [0.15, 0.2) is 12.1 Å². The number of aryl methyl sites for hydroxylation is 1. The van der Waals surface area contributed by atoms with Crippen LogP contribution >= 0.6 is 0 Å². The Balaban J connectivity index is 1.36. The zero-order valence-corrected chi connectivity index (χ0v) is 16.1. The van der Waals surface area contributed by atoms with Crippen LogP contribution in [0.15, 0.2) is 42.2 Å². The lowest BCUT2D eigenvalue weighted by molar-refractivity contribution is -0.162. The predicted octanol–water partition coefficient (Wildman–Crippen LogP) is 4.37. The van der Waals surface area contributed by atoms with E-state index in [2.05, 4.69) is 18.2 Å². The number of benzene rings is 1. The number of unbranched alkanes of at least 4 members (excludes halogenated alkanes) is 1. The van der Waals surface area contributed by atoms with E-state index in [1.54, 1.807) is 6.08 Å². The third-order valence-corrected chi connectivity index (χ3v) is 5.79. The van der Waals surface area contributed by atoms with Gasteiger partial charge in [0.2, 0.25) is 0 Å². The highest BCUT2D eigenvalue weighted by atomic mass is 16.7. The number of ketones is 1. The zero-order valence-electron chi connectivity index (χ0n) is 16.1. The van der Waals surface area contributed by atoms with Gasteiger partial charge < -0.3 is 19.3 Å². The molecule has 1 aromatic carbocycles. The van der Waals surface area contributed by atoms with E-state index in [-0.39, 0.29) is 24.1 Å². The number of hydrogen-bond acceptors (Lipinski definition) is 5. The van der Waals surface area contributed by atoms with Crippen molar-refractivity contribution in [3.63, 3.8) is 0 Å². The Bertz CT molecular complexity index is 760. The first-order valence-electron chi connectivity index (χ1n) is 10.3. The van der Waals surface area contributed by atoms with Crippen LogP contribution in [0, 0.1) is 0 Å². The summed E-state index contributed by atoms with van der Waals surface area (Å²) in [6.07, 6.45) is 10.7. The molecule has 0 spiro atoms. The topological polar surface area (TPSA) is 65.0 Å². The predicted molar refractivity (Wildman–Crippen MR) is 106 cm³/mol. The van der Waals surface area contributed by atoms with E-state index in [0.717, 1.165) is 68.5 Å². The first kappa shape index (κ1) is 19.2. The monoisotopic (exact) mass is 384 g/mol. The molecule has 0 radical (unpaired) electrons. The molecule has 1 saturated heterocycles. The maximum atomic E-state index is 12.3. The van der Waals surface area contributed by atoms with Gasteiger partial charge in [-0.25, -0.2) is 0 Å². The Morgan fingerprint density at radius 3 is 3.00 bits per heavy atom. The molecular formula is C23H28O5. The van der Waals surface area contributed by atoms with Gasteiger partial charge in [-0.3, -0.25) is 4.79 Å². The number of para-hydroxylation sites is 1. The Morgan fingerprint density at radius 1 is 1.25 bits per heavy atom. The minimum atomic E-state index is -0.117. The minimum absolute atomic E-state index is 0.0202. The molecular weight excluding hydrogens is 356 g/mol. The van der Waals surface area contributed by atoms with Crippen LogP contribution in [-0.2, 0) is 20.7 Å². The van der Waals surface area contributed by atoms with Crippen molar-refractivity contribution >= 4 is 5.78 Å². The van der Waals surface area contributed by atoms with Crippen LogP contribution in [0.2, 0.25) is 0 Å². The van der Waals surface area contributed by atoms with Crippen molar-refractivity contribution in [1.29, 1.82) is 0 Å². The molecule has 28 heavy (non-hydrogen) atoms. The number of carbonyl (C=O) groups is 1. The lowest BCUT2D eigenvalue weighted by atomic mass is 9.91. The van der Waals surface area contributed by atoms with Gasteiger partial charge in [-0.15, -0.1) is 0 Å². The highest BCUT2D eigenvalue weighted by Gasteiger charge is 2.46. The normalized spacial score (nSPS) is 27.9. The average Bonchev–Trinajstić information content (AvgIpc) is 3.22. The molecule has 5 heteroatoms. The Kier molecular flexibility index (Phi) is 6.13. The summed E-state index contributed by atoms with van der Waals surface area (Å²) in [6, 6.07) is 6.22. The van der Waals surface area contributed by atoms with Crippen LogP contribution in [0.25, 0.3) is 0 Å². The van der Waals surface area contributed by atoms with Gasteiger partial charge in [-0.05, 0) is 50.2 Å². The van der Waals surface area contributed by atoms with Gasteiger partial charge in [0, 0.05) is 30.8 Å². The number of allylic oxidation sites excluding steroid dienone is 2. The SMILES string of the molecule is O=C1C[C@H]2Oc3c(CCCCOC4CCCCO4)cccc3[C@H]2C1=CC=CO. The maximum absolute atomic E-state index is 12.3. The number of aliphatic hydroxyl groups is 1. The third-order valence-electron chi connectivity index (χ3n) is 5.79. The molecule has 1 unspecified atom stereocenters. The highest BCUT2D eigenvalue weighted by Crippen LogP contribution is 2.49. The molecule has 5 nitrogen and oxygen atoms in total. The van der Waals surface area contributed by atoms with Crippen molar-refractivity contribution in [1.82, 2.24) is 0 Å². The molecule has 3 atom stereocenters. The lowest BCUT2D eigenvalue weighted by Gasteiger charge is -2.22. The second-order valence-corrected chi connectivity index (χ2v) is 7.68. The quantitative estimate of drug-likeness (QED) is 0.430. The number of rotatable bonds is 7. The number of aliphatic hydroxyl groups excluding tert-OH is 1. The molecule has 3 aliphatic rings. The van der Waals surface area contributed by atoms with Crippen molar-refractivity contribution in [3.8, 4) is 5.75 Å². The summed E-state index contributed by atoms with van der Waals surface area (Å²) in [5, 5.41) is 8.93. The van der Waals surface area contributed by atoms with Gasteiger partial charge in [-0.2, -0.15) is 0 Å². The average molecular weight is 384 g/mol. The van der Waals surface area contributed by atoms with Crippen LogP contribution in [-0.4, -0.2) is 36.5 Å². The number of ether oxygens (including phenoxy) is 3. The molecule has 2 fully saturated rings. The third kappa shape index (κ3) is 4.01. The summed E-state index contributed by atoms with van der Waals surface area (Å²) in [5.74, 6) is 1.03. The Labute approximate surface area is 166 Å². The Hall–Kier alpha value is -2.11. The number of carbonyl (C=O) groups excluding carboxylic acids is 1. The molecule has 1 saturated carbocycles. The van der Waals surface area contributed by atoms with Crippen LogP contribution < -0.4 is 4.74 Å². The summed E-state index contributed by atoms with van der Waals surface area (Å²) < 4.78 is 17.6. The fraction of sp³-hybridized carbons (Fsp3) is 0.522. The minimum Gasteiger partial charge on any atom is -0.516 e. The van der Waals surface area contributed by atoms with Gasteiger partial charge in [0.05, 0.1) is 12.2 Å². The van der Waals surface area contributed by atoms with Crippen LogP contribution in [0.3, 0.4) is 0 Å². The van der Waals surface area contributed by atoms with Gasteiger partial charge in [0.1, 0.15) is 11.9 Å². The molecule has 0 amide bonds. The van der Waals surface area contributed by atoms with Crippen LogP contribution in [0.4, 0.5) is 0 Å². The summed E-state index contributed by atoms with van der Waals surface area (Å²) in [7, 11) is 0. The molecule has 150 valence electrons. The molecule has 1 aromatic rings. The van der Waals surface area contributed by atoms with E-state index in [1.807, 2.05) is 0 Å². The summed E-state index contributed by atoms with van der Waals surface area (Å²) in [5.41, 5.74) is 3.02. The number of hydrogen-bond donors (Lipinski definition) is 1. The fourth-order valence-corrected chi connectivity index (χ4v) is 4.43. The van der Waals surface area contributed by atoms with Crippen molar-refractivity contribution < 1.29 is 24.1 Å². The molecule has 4 rings (SSSR count). The summed E-state index contributed by atoms with van der Waals surface area (Å²) in [4.78, 5) is 12.3. The van der Waals surface area contributed by atoms with Crippen LogP contribution in [0.5, 0.6) is 5.75 Å². The first-order valence-corrected chi connectivity index (χ1v) is 10.3. The van der Waals surface area contributed by atoms with Gasteiger partial charge in [-0.1, -0.05) is 24.3 Å². The molecule has 1 aliphatic carbocycles. The van der Waals surface area contributed by atoms with E-state index in [1.165, 1.54) is 18.1 Å². The molecule has 2 heterocycles. The van der Waals surface area contributed by atoms with E-state index in [9.17, 15) is 4.79 Å².